The van der Waals surface area contributed by atoms with Crippen molar-refractivity contribution in [3.63, 3.8) is 0 Å². The van der Waals surface area contributed by atoms with Gasteiger partial charge < -0.3 is 19.5 Å². The Labute approximate surface area is 105 Å². The molecule has 0 bridgehead atoms. The highest BCUT2D eigenvalue weighted by molar-refractivity contribution is 7.79. The predicted octanol–water partition coefficient (Wildman–Crippen LogP) is 0.320. The fraction of sp³-hybridized carbons (Fsp3) is 0.900. The van der Waals surface area contributed by atoms with E-state index in [-0.39, 0.29) is 5.75 Å². The van der Waals surface area contributed by atoms with Gasteiger partial charge in [-0.2, -0.15) is 0 Å². The van der Waals surface area contributed by atoms with Crippen molar-refractivity contribution < 1.29 is 18.3 Å². The number of amides is 1. The van der Waals surface area contributed by atoms with Gasteiger partial charge in [-0.25, -0.2) is 4.79 Å². The average Bonchev–Trinajstić information content (AvgIpc) is 1.95. The summed E-state index contributed by atoms with van der Waals surface area (Å²) in [6, 6.07) is -0.474. The van der Waals surface area contributed by atoms with Gasteiger partial charge in [-0.3, -0.25) is 4.21 Å². The summed E-state index contributed by atoms with van der Waals surface area (Å²) >= 11 is -2.20. The normalized spacial score (nSPS) is 15.5. The summed E-state index contributed by atoms with van der Waals surface area (Å²) < 4.78 is 26.4. The third-order valence-electron chi connectivity index (χ3n) is 1.64. The lowest BCUT2D eigenvalue weighted by Crippen LogP contribution is -2.46. The van der Waals surface area contributed by atoms with Gasteiger partial charge in [0, 0.05) is 12.3 Å². The number of alkyl carbamates (subject to hydrolysis) is 1. The van der Waals surface area contributed by atoms with Crippen molar-refractivity contribution >= 4 is 17.2 Å². The second-order valence-corrected chi connectivity index (χ2v) is 6.02. The van der Waals surface area contributed by atoms with Crippen LogP contribution < -0.4 is 5.32 Å². The van der Waals surface area contributed by atoms with E-state index in [9.17, 15) is 13.6 Å². The van der Waals surface area contributed by atoms with Gasteiger partial charge in [0.25, 0.3) is 0 Å². The molecule has 0 heterocycles. The summed E-state index contributed by atoms with van der Waals surface area (Å²) in [6.07, 6.45) is -0.602. The molecule has 2 unspecified atom stereocenters. The van der Waals surface area contributed by atoms with Crippen molar-refractivity contribution in [2.75, 3.05) is 26.4 Å². The molecule has 17 heavy (non-hydrogen) atoms. The standard InChI is InChI=1S/C10H22N2O4S/c1-10(2,3)16-9(13)11-8(6-12(4)5)7-17(14)15/h8H,6-7H2,1-5H3,(H,11,13)(H,14,15)/p-1. The Balaban J connectivity index is 4.32. The zero-order valence-electron chi connectivity index (χ0n) is 11.0. The van der Waals surface area contributed by atoms with E-state index in [2.05, 4.69) is 5.32 Å². The van der Waals surface area contributed by atoms with E-state index in [0.717, 1.165) is 0 Å². The first kappa shape index (κ1) is 16.3. The molecule has 0 radical (unpaired) electrons. The van der Waals surface area contributed by atoms with E-state index in [1.807, 2.05) is 0 Å². The van der Waals surface area contributed by atoms with Crippen molar-refractivity contribution in [2.24, 2.45) is 0 Å². The molecule has 6 nitrogen and oxygen atoms in total. The molecule has 0 aliphatic carbocycles. The fourth-order valence-corrected chi connectivity index (χ4v) is 1.74. The molecule has 2 atom stereocenters. The Morgan fingerprint density at radius 2 is 2.00 bits per heavy atom. The van der Waals surface area contributed by atoms with Crippen LogP contribution in [0.4, 0.5) is 4.79 Å². The number of nitrogens with one attached hydrogen (secondary N) is 1. The van der Waals surface area contributed by atoms with Crippen LogP contribution in [0.15, 0.2) is 0 Å². The van der Waals surface area contributed by atoms with Crippen LogP contribution >= 0.6 is 0 Å². The molecule has 0 aromatic heterocycles. The first-order valence-corrected chi connectivity index (χ1v) is 6.54. The molecule has 0 spiro atoms. The van der Waals surface area contributed by atoms with Crippen molar-refractivity contribution in [1.29, 1.82) is 0 Å². The molecule has 0 saturated heterocycles. The SMILES string of the molecule is CN(C)CC(CS(=O)[O-])NC(=O)OC(C)(C)C. The molecule has 7 heteroatoms. The van der Waals surface area contributed by atoms with E-state index in [1.165, 1.54) is 0 Å². The van der Waals surface area contributed by atoms with Crippen LogP contribution in [0.3, 0.4) is 0 Å². The highest BCUT2D eigenvalue weighted by Crippen LogP contribution is 2.06. The Bertz CT molecular complexity index is 276. The molecule has 0 aromatic rings. The first-order valence-electron chi connectivity index (χ1n) is 5.30. The molecule has 0 aromatic carbocycles. The second kappa shape index (κ2) is 6.93. The van der Waals surface area contributed by atoms with Crippen LogP contribution in [-0.2, 0) is 15.8 Å². The molecule has 0 saturated carbocycles. The summed E-state index contributed by atoms with van der Waals surface area (Å²) in [5.41, 5.74) is -0.594. The van der Waals surface area contributed by atoms with E-state index >= 15 is 0 Å². The van der Waals surface area contributed by atoms with Crippen LogP contribution in [0.5, 0.6) is 0 Å². The largest absolute Gasteiger partial charge is 0.772 e. The zero-order chi connectivity index (χ0) is 13.6. The molecule has 1 amide bonds. The predicted molar refractivity (Wildman–Crippen MR) is 65.5 cm³/mol. The quantitative estimate of drug-likeness (QED) is 0.724. The topological polar surface area (TPSA) is 81.7 Å². The number of hydrogen-bond acceptors (Lipinski definition) is 5. The average molecular weight is 265 g/mol. The highest BCUT2D eigenvalue weighted by Gasteiger charge is 2.19. The van der Waals surface area contributed by atoms with E-state index in [0.29, 0.717) is 6.54 Å². The van der Waals surface area contributed by atoms with Gasteiger partial charge in [0.2, 0.25) is 0 Å². The van der Waals surface area contributed by atoms with E-state index in [4.69, 9.17) is 4.74 Å². The third kappa shape index (κ3) is 10.2. The van der Waals surface area contributed by atoms with Gasteiger partial charge in [-0.05, 0) is 34.9 Å². The van der Waals surface area contributed by atoms with Gasteiger partial charge >= 0.3 is 6.09 Å². The molecule has 0 fully saturated rings. The van der Waals surface area contributed by atoms with E-state index in [1.54, 1.807) is 39.8 Å². The zero-order valence-corrected chi connectivity index (χ0v) is 11.8. The molecule has 0 rings (SSSR count). The number of carbonyl (C=O) groups is 1. The summed E-state index contributed by atoms with van der Waals surface area (Å²) in [5, 5.41) is 2.54. The lowest BCUT2D eigenvalue weighted by atomic mass is 10.2. The van der Waals surface area contributed by atoms with Gasteiger partial charge in [-0.1, -0.05) is 11.1 Å². The minimum absolute atomic E-state index is 0.128. The third-order valence-corrected chi connectivity index (χ3v) is 2.32. The van der Waals surface area contributed by atoms with E-state index < -0.39 is 28.8 Å². The van der Waals surface area contributed by atoms with Crippen molar-refractivity contribution in [3.05, 3.63) is 0 Å². The number of nitrogens with zero attached hydrogens (tertiary/aromatic N) is 1. The number of rotatable bonds is 5. The van der Waals surface area contributed by atoms with Crippen molar-refractivity contribution in [1.82, 2.24) is 10.2 Å². The van der Waals surface area contributed by atoms with Crippen molar-refractivity contribution in [3.8, 4) is 0 Å². The Morgan fingerprint density at radius 1 is 1.47 bits per heavy atom. The second-order valence-electron chi connectivity index (χ2n) is 5.08. The molecule has 0 aliphatic rings. The van der Waals surface area contributed by atoms with Crippen LogP contribution in [0.1, 0.15) is 20.8 Å². The maximum atomic E-state index is 11.5. The van der Waals surface area contributed by atoms with Crippen LogP contribution in [0.2, 0.25) is 0 Å². The lowest BCUT2D eigenvalue weighted by Gasteiger charge is -2.25. The fourth-order valence-electron chi connectivity index (χ4n) is 1.22. The summed E-state index contributed by atoms with van der Waals surface area (Å²) in [6.45, 7) is 5.69. The van der Waals surface area contributed by atoms with Gasteiger partial charge in [0.1, 0.15) is 5.60 Å². The molecular formula is C10H21N2O4S-. The molecule has 102 valence electrons. The number of likely N-dealkylation sites (N-methyl/N-ethyl adjacent to an activating group) is 1. The van der Waals surface area contributed by atoms with Gasteiger partial charge in [0.05, 0.1) is 6.04 Å². The van der Waals surface area contributed by atoms with Crippen LogP contribution in [0, 0.1) is 0 Å². The van der Waals surface area contributed by atoms with Gasteiger partial charge in [-0.15, -0.1) is 0 Å². The number of hydrogen-bond donors (Lipinski definition) is 1. The highest BCUT2D eigenvalue weighted by atomic mass is 32.2. The Morgan fingerprint density at radius 3 is 2.35 bits per heavy atom. The molecule has 0 aliphatic heterocycles. The maximum absolute atomic E-state index is 11.5. The Kier molecular flexibility index (Phi) is 6.66. The summed E-state index contributed by atoms with van der Waals surface area (Å²) in [7, 11) is 3.61. The molecular weight excluding hydrogens is 244 g/mol. The number of carbonyl (C=O) groups excluding carboxylic acids is 1. The van der Waals surface area contributed by atoms with Crippen molar-refractivity contribution in [2.45, 2.75) is 32.4 Å². The smallest absolute Gasteiger partial charge is 0.407 e. The minimum atomic E-state index is -2.20. The lowest BCUT2D eigenvalue weighted by molar-refractivity contribution is 0.0503. The van der Waals surface area contributed by atoms with Gasteiger partial charge in [0.15, 0.2) is 0 Å². The number of ether oxygens (including phenoxy) is 1. The Hall–Kier alpha value is -0.660. The minimum Gasteiger partial charge on any atom is -0.772 e. The first-order chi connectivity index (χ1) is 7.60. The molecule has 1 N–H and O–H groups in total. The van der Waals surface area contributed by atoms with Crippen LogP contribution in [-0.4, -0.2) is 57.8 Å². The maximum Gasteiger partial charge on any atom is 0.407 e. The summed E-state index contributed by atoms with van der Waals surface area (Å²) in [5.74, 6) is -0.128. The summed E-state index contributed by atoms with van der Waals surface area (Å²) in [4.78, 5) is 13.3. The van der Waals surface area contributed by atoms with Crippen LogP contribution in [0.25, 0.3) is 0 Å². The monoisotopic (exact) mass is 265 g/mol.